The van der Waals surface area contributed by atoms with E-state index in [9.17, 15) is 14.4 Å². The molecule has 118 valence electrons. The van der Waals surface area contributed by atoms with E-state index in [4.69, 9.17) is 5.11 Å². The molecule has 0 saturated heterocycles. The van der Waals surface area contributed by atoms with E-state index in [2.05, 4.69) is 15.5 Å². The average Bonchev–Trinajstić information content (AvgIpc) is 2.90. The number of nitrogens with zero attached hydrogens (tertiary/aromatic N) is 4. The van der Waals surface area contributed by atoms with Crippen molar-refractivity contribution in [1.29, 1.82) is 0 Å². The van der Waals surface area contributed by atoms with Gasteiger partial charge in [0.25, 0.3) is 5.91 Å². The number of nitrogens with one attached hydrogen (secondary N) is 1. The van der Waals surface area contributed by atoms with Crippen molar-refractivity contribution < 1.29 is 19.5 Å². The highest BCUT2D eigenvalue weighted by Gasteiger charge is 2.30. The van der Waals surface area contributed by atoms with Crippen molar-refractivity contribution in [3.05, 3.63) is 12.3 Å². The number of hydrazone groups is 1. The van der Waals surface area contributed by atoms with Crippen LogP contribution in [0.2, 0.25) is 0 Å². The van der Waals surface area contributed by atoms with Crippen molar-refractivity contribution in [3.8, 4) is 0 Å². The summed E-state index contributed by atoms with van der Waals surface area (Å²) in [5, 5.41) is 20.8. The summed E-state index contributed by atoms with van der Waals surface area (Å²) < 4.78 is 1.25. The lowest BCUT2D eigenvalue weighted by atomic mass is 10.1. The molecule has 1 aliphatic heterocycles. The number of anilines is 1. The summed E-state index contributed by atoms with van der Waals surface area (Å²) in [5.41, 5.74) is -0.994. The average molecular weight is 307 g/mol. The standard InChI is InChI=1S/C13H17N5O4/c1-13(2,12(21)22)18-7-6-9(16-18)14-11(20)8-4-5-10(19)17(3)15-8/h6-7H,4-5H2,1-3H3,(H,21,22)(H,14,16,20). The monoisotopic (exact) mass is 307 g/mol. The molecule has 22 heavy (non-hydrogen) atoms. The summed E-state index contributed by atoms with van der Waals surface area (Å²) in [5.74, 6) is -1.42. The first-order valence-electron chi connectivity index (χ1n) is 6.66. The van der Waals surface area contributed by atoms with Crippen LogP contribution >= 0.6 is 0 Å². The second kappa shape index (κ2) is 5.58. The fraction of sp³-hybridized carbons (Fsp3) is 0.462. The second-order valence-electron chi connectivity index (χ2n) is 5.43. The van der Waals surface area contributed by atoms with E-state index in [1.54, 1.807) is 0 Å². The van der Waals surface area contributed by atoms with Crippen molar-refractivity contribution in [2.24, 2.45) is 5.10 Å². The lowest BCUT2D eigenvalue weighted by Crippen LogP contribution is -2.36. The molecule has 2 heterocycles. The van der Waals surface area contributed by atoms with Crippen LogP contribution < -0.4 is 5.32 Å². The van der Waals surface area contributed by atoms with Gasteiger partial charge in [-0.05, 0) is 13.8 Å². The number of hydrogen-bond acceptors (Lipinski definition) is 5. The van der Waals surface area contributed by atoms with Gasteiger partial charge in [-0.15, -0.1) is 0 Å². The number of carbonyl (C=O) groups is 3. The first-order valence-corrected chi connectivity index (χ1v) is 6.66. The minimum absolute atomic E-state index is 0.149. The molecule has 0 atom stereocenters. The Morgan fingerprint density at radius 3 is 2.64 bits per heavy atom. The van der Waals surface area contributed by atoms with E-state index in [1.165, 1.54) is 37.8 Å². The number of rotatable bonds is 4. The minimum Gasteiger partial charge on any atom is -0.479 e. The van der Waals surface area contributed by atoms with E-state index in [1.807, 2.05) is 0 Å². The predicted octanol–water partition coefficient (Wildman–Crippen LogP) is 0.249. The first-order chi connectivity index (χ1) is 10.2. The van der Waals surface area contributed by atoms with Crippen LogP contribution in [-0.4, -0.2) is 50.4 Å². The molecule has 1 aliphatic rings. The summed E-state index contributed by atoms with van der Waals surface area (Å²) in [6.45, 7) is 3.00. The van der Waals surface area contributed by atoms with Gasteiger partial charge < -0.3 is 10.4 Å². The Balaban J connectivity index is 2.11. The number of carbonyl (C=O) groups excluding carboxylic acids is 2. The van der Waals surface area contributed by atoms with Gasteiger partial charge in [-0.3, -0.25) is 14.3 Å². The number of carboxylic acids is 1. The molecule has 0 bridgehead atoms. The molecule has 9 nitrogen and oxygen atoms in total. The number of carboxylic acid groups (broad SMARTS) is 1. The van der Waals surface area contributed by atoms with Crippen LogP contribution in [0.15, 0.2) is 17.4 Å². The smallest absolute Gasteiger partial charge is 0.331 e. The van der Waals surface area contributed by atoms with Gasteiger partial charge in [-0.1, -0.05) is 0 Å². The zero-order valence-electron chi connectivity index (χ0n) is 12.5. The summed E-state index contributed by atoms with van der Waals surface area (Å²) in [7, 11) is 1.48. The summed E-state index contributed by atoms with van der Waals surface area (Å²) in [4.78, 5) is 34.5. The third kappa shape index (κ3) is 2.97. The summed E-state index contributed by atoms with van der Waals surface area (Å²) >= 11 is 0. The van der Waals surface area contributed by atoms with Crippen LogP contribution in [-0.2, 0) is 19.9 Å². The maximum atomic E-state index is 12.1. The van der Waals surface area contributed by atoms with Gasteiger partial charge in [0.2, 0.25) is 5.91 Å². The number of aliphatic carboxylic acids is 1. The lowest BCUT2D eigenvalue weighted by molar-refractivity contribution is -0.146. The van der Waals surface area contributed by atoms with E-state index >= 15 is 0 Å². The quantitative estimate of drug-likeness (QED) is 0.827. The Labute approximate surface area is 126 Å². The highest BCUT2D eigenvalue weighted by molar-refractivity contribution is 6.43. The number of amides is 2. The van der Waals surface area contributed by atoms with E-state index < -0.39 is 17.4 Å². The third-order valence-electron chi connectivity index (χ3n) is 3.40. The maximum Gasteiger partial charge on any atom is 0.331 e. The lowest BCUT2D eigenvalue weighted by Gasteiger charge is -2.20. The van der Waals surface area contributed by atoms with Crippen molar-refractivity contribution >= 4 is 29.3 Å². The normalized spacial score (nSPS) is 15.5. The van der Waals surface area contributed by atoms with Crippen molar-refractivity contribution in [2.75, 3.05) is 12.4 Å². The van der Waals surface area contributed by atoms with E-state index in [0.717, 1.165) is 5.01 Å². The molecular formula is C13H17N5O4. The van der Waals surface area contributed by atoms with Crippen LogP contribution in [0.5, 0.6) is 0 Å². The molecule has 0 aliphatic carbocycles. The Morgan fingerprint density at radius 1 is 1.36 bits per heavy atom. The van der Waals surface area contributed by atoms with E-state index in [0.29, 0.717) is 0 Å². The number of aromatic nitrogens is 2. The molecule has 0 saturated carbocycles. The first kappa shape index (κ1) is 15.7. The Morgan fingerprint density at radius 2 is 2.05 bits per heavy atom. The molecule has 1 aromatic heterocycles. The SMILES string of the molecule is CN1N=C(C(=O)Nc2ccn(C(C)(C)C(=O)O)n2)CCC1=O. The van der Waals surface area contributed by atoms with Gasteiger partial charge in [0.15, 0.2) is 11.4 Å². The Kier molecular flexibility index (Phi) is 3.98. The van der Waals surface area contributed by atoms with Crippen LogP contribution in [0.1, 0.15) is 26.7 Å². The van der Waals surface area contributed by atoms with Crippen LogP contribution in [0.25, 0.3) is 0 Å². The van der Waals surface area contributed by atoms with Crippen LogP contribution in [0.3, 0.4) is 0 Å². The van der Waals surface area contributed by atoms with Crippen LogP contribution in [0, 0.1) is 0 Å². The fourth-order valence-electron chi connectivity index (χ4n) is 1.82. The fourth-order valence-corrected chi connectivity index (χ4v) is 1.82. The van der Waals surface area contributed by atoms with Gasteiger partial charge in [-0.2, -0.15) is 10.2 Å². The molecule has 0 unspecified atom stereocenters. The molecule has 2 N–H and O–H groups in total. The molecule has 2 rings (SSSR count). The van der Waals surface area contributed by atoms with E-state index in [-0.39, 0.29) is 30.3 Å². The Hall–Kier alpha value is -2.71. The molecule has 2 amide bonds. The summed E-state index contributed by atoms with van der Waals surface area (Å²) in [6.07, 6.45) is 1.96. The zero-order chi connectivity index (χ0) is 16.5. The van der Waals surface area contributed by atoms with Gasteiger partial charge >= 0.3 is 5.97 Å². The molecule has 0 radical (unpaired) electrons. The third-order valence-corrected chi connectivity index (χ3v) is 3.40. The van der Waals surface area contributed by atoms with Gasteiger partial charge in [0, 0.05) is 32.2 Å². The molecular weight excluding hydrogens is 290 g/mol. The van der Waals surface area contributed by atoms with Crippen molar-refractivity contribution in [1.82, 2.24) is 14.8 Å². The van der Waals surface area contributed by atoms with Gasteiger partial charge in [0.05, 0.1) is 0 Å². The predicted molar refractivity (Wildman–Crippen MR) is 77.3 cm³/mol. The number of hydrogen-bond donors (Lipinski definition) is 2. The van der Waals surface area contributed by atoms with Gasteiger partial charge in [0.1, 0.15) is 5.71 Å². The molecule has 1 aromatic rings. The highest BCUT2D eigenvalue weighted by Crippen LogP contribution is 2.17. The minimum atomic E-state index is -1.22. The Bertz CT molecular complexity index is 661. The largest absolute Gasteiger partial charge is 0.479 e. The van der Waals surface area contributed by atoms with Crippen LogP contribution in [0.4, 0.5) is 5.82 Å². The maximum absolute atomic E-state index is 12.1. The van der Waals surface area contributed by atoms with Crippen molar-refractivity contribution in [3.63, 3.8) is 0 Å². The van der Waals surface area contributed by atoms with Gasteiger partial charge in [-0.25, -0.2) is 9.80 Å². The molecule has 0 spiro atoms. The second-order valence-corrected chi connectivity index (χ2v) is 5.43. The molecule has 0 aromatic carbocycles. The highest BCUT2D eigenvalue weighted by atomic mass is 16.4. The molecule has 9 heteroatoms. The summed E-state index contributed by atoms with van der Waals surface area (Å²) in [6, 6.07) is 1.50. The van der Waals surface area contributed by atoms with Crippen molar-refractivity contribution in [2.45, 2.75) is 32.2 Å². The topological polar surface area (TPSA) is 117 Å². The molecule has 0 fully saturated rings. The zero-order valence-corrected chi connectivity index (χ0v) is 12.5.